The van der Waals surface area contributed by atoms with E-state index < -0.39 is 5.97 Å². The quantitative estimate of drug-likeness (QED) is 0.851. The maximum absolute atomic E-state index is 13.2. The predicted octanol–water partition coefficient (Wildman–Crippen LogP) is 3.74. The van der Waals surface area contributed by atoms with E-state index in [-0.39, 0.29) is 22.9 Å². The van der Waals surface area contributed by atoms with Crippen LogP contribution >= 0.6 is 0 Å². The molecule has 0 radical (unpaired) electrons. The van der Waals surface area contributed by atoms with Crippen LogP contribution in [0.4, 0.5) is 0 Å². The topological polar surface area (TPSA) is 75.6 Å². The van der Waals surface area contributed by atoms with E-state index in [9.17, 15) is 14.7 Å². The predicted molar refractivity (Wildman–Crippen MR) is 104 cm³/mol. The monoisotopic (exact) mass is 377 g/mol. The van der Waals surface area contributed by atoms with Gasteiger partial charge in [-0.3, -0.25) is 4.79 Å². The van der Waals surface area contributed by atoms with Crippen LogP contribution in [0.15, 0.2) is 48.5 Å². The zero-order chi connectivity index (χ0) is 19.3. The lowest BCUT2D eigenvalue weighted by molar-refractivity contribution is -0.172. The Bertz CT molecular complexity index is 949. The highest BCUT2D eigenvalue weighted by Gasteiger charge is 2.66. The number of hydrogen-bond donors (Lipinski definition) is 2. The summed E-state index contributed by atoms with van der Waals surface area (Å²) in [5.41, 5.74) is 2.05. The summed E-state index contributed by atoms with van der Waals surface area (Å²) in [4.78, 5) is 24.9. The number of carboxylic acid groups (broad SMARTS) is 1. The third kappa shape index (κ3) is 2.42. The van der Waals surface area contributed by atoms with Gasteiger partial charge in [0.15, 0.2) is 0 Å². The molecule has 1 heterocycles. The molecule has 0 bridgehead atoms. The molecule has 0 aromatic heterocycles. The van der Waals surface area contributed by atoms with Crippen molar-refractivity contribution in [2.75, 3.05) is 6.61 Å². The molecule has 2 saturated carbocycles. The van der Waals surface area contributed by atoms with Crippen molar-refractivity contribution in [2.24, 2.45) is 11.3 Å². The van der Waals surface area contributed by atoms with Crippen LogP contribution in [0.5, 0.6) is 0 Å². The van der Waals surface area contributed by atoms with Crippen LogP contribution in [-0.2, 0) is 4.74 Å². The summed E-state index contributed by atoms with van der Waals surface area (Å²) < 4.78 is 5.95. The summed E-state index contributed by atoms with van der Waals surface area (Å²) in [6.45, 7) is 0.784. The average Bonchev–Trinajstić information content (AvgIpc) is 3.09. The highest BCUT2D eigenvalue weighted by atomic mass is 16.5. The molecule has 5 nitrogen and oxygen atoms in total. The number of aromatic carboxylic acids is 1. The second-order valence-electron chi connectivity index (χ2n) is 8.18. The van der Waals surface area contributed by atoms with Crippen molar-refractivity contribution in [3.63, 3.8) is 0 Å². The van der Waals surface area contributed by atoms with Crippen LogP contribution in [-0.4, -0.2) is 35.7 Å². The van der Waals surface area contributed by atoms with E-state index >= 15 is 0 Å². The van der Waals surface area contributed by atoms with Gasteiger partial charge in [0.1, 0.15) is 0 Å². The van der Waals surface area contributed by atoms with Crippen LogP contribution in [0, 0.1) is 11.3 Å². The van der Waals surface area contributed by atoms with Gasteiger partial charge in [-0.25, -0.2) is 4.79 Å². The summed E-state index contributed by atoms with van der Waals surface area (Å²) in [6.07, 6.45) is 4.72. The van der Waals surface area contributed by atoms with Gasteiger partial charge in [-0.1, -0.05) is 42.8 Å². The number of ether oxygens (including phenoxy) is 1. The summed E-state index contributed by atoms with van der Waals surface area (Å²) in [5.74, 6) is -0.718. The zero-order valence-electron chi connectivity index (χ0n) is 15.6. The van der Waals surface area contributed by atoms with Crippen molar-refractivity contribution in [3.05, 3.63) is 59.7 Å². The van der Waals surface area contributed by atoms with Gasteiger partial charge in [0.25, 0.3) is 5.91 Å². The van der Waals surface area contributed by atoms with E-state index in [1.54, 1.807) is 30.3 Å². The fourth-order valence-corrected chi connectivity index (χ4v) is 5.50. The van der Waals surface area contributed by atoms with E-state index in [0.717, 1.165) is 25.9 Å². The SMILES string of the molecule is O=C(O)c1ccccc1-c1ccccc1C(=O)NC1C2CCOC2C12CCC2. The number of hydrogen-bond acceptors (Lipinski definition) is 3. The Morgan fingerprint density at radius 3 is 2.29 bits per heavy atom. The standard InChI is InChI=1S/C23H23NO4/c25-21(24-19-18-10-13-28-20(18)23(19)11-5-12-23)16-8-3-1-6-14(16)15-7-2-4-9-17(15)22(26)27/h1-4,6-9,18-20H,5,10-13H2,(H,24,25)(H,26,27). The molecule has 2 aromatic carbocycles. The van der Waals surface area contributed by atoms with Crippen molar-refractivity contribution in [1.82, 2.24) is 5.32 Å². The van der Waals surface area contributed by atoms with Crippen molar-refractivity contribution in [1.29, 1.82) is 0 Å². The molecule has 2 aromatic rings. The Hall–Kier alpha value is -2.66. The summed E-state index contributed by atoms with van der Waals surface area (Å²) in [7, 11) is 0. The Kier molecular flexibility index (Phi) is 4.02. The number of carbonyl (C=O) groups is 2. The van der Waals surface area contributed by atoms with Crippen LogP contribution < -0.4 is 5.32 Å². The summed E-state index contributed by atoms with van der Waals surface area (Å²) in [6, 6.07) is 14.2. The highest BCUT2D eigenvalue weighted by molar-refractivity contribution is 6.04. The first-order valence-corrected chi connectivity index (χ1v) is 9.96. The van der Waals surface area contributed by atoms with Crippen molar-refractivity contribution >= 4 is 11.9 Å². The molecule has 3 unspecified atom stereocenters. The first kappa shape index (κ1) is 17.4. The number of carboxylic acids is 1. The summed E-state index contributed by atoms with van der Waals surface area (Å²) in [5, 5.41) is 12.8. The third-order valence-electron chi connectivity index (χ3n) is 6.94. The number of nitrogens with one attached hydrogen (secondary N) is 1. The lowest BCUT2D eigenvalue weighted by Gasteiger charge is -2.63. The first-order valence-electron chi connectivity index (χ1n) is 9.96. The van der Waals surface area contributed by atoms with Gasteiger partial charge in [-0.2, -0.15) is 0 Å². The van der Waals surface area contributed by atoms with Crippen LogP contribution in [0.25, 0.3) is 11.1 Å². The second-order valence-corrected chi connectivity index (χ2v) is 8.18. The highest BCUT2D eigenvalue weighted by Crippen LogP contribution is 2.62. The molecule has 2 N–H and O–H groups in total. The molecular weight excluding hydrogens is 354 g/mol. The molecule has 3 atom stereocenters. The number of benzene rings is 2. The molecule has 144 valence electrons. The van der Waals surface area contributed by atoms with Gasteiger partial charge < -0.3 is 15.2 Å². The average molecular weight is 377 g/mol. The lowest BCUT2D eigenvalue weighted by atomic mass is 9.46. The van der Waals surface area contributed by atoms with Crippen molar-refractivity contribution < 1.29 is 19.4 Å². The number of amides is 1. The van der Waals surface area contributed by atoms with Crippen LogP contribution in [0.3, 0.4) is 0 Å². The minimum absolute atomic E-state index is 0.116. The Morgan fingerprint density at radius 2 is 1.64 bits per heavy atom. The molecule has 2 aliphatic carbocycles. The normalized spacial score (nSPS) is 26.8. The van der Waals surface area contributed by atoms with Gasteiger partial charge in [0.2, 0.25) is 0 Å². The molecular formula is C23H23NO4. The van der Waals surface area contributed by atoms with Gasteiger partial charge in [0.05, 0.1) is 11.7 Å². The molecule has 1 spiro atoms. The van der Waals surface area contributed by atoms with E-state index in [1.165, 1.54) is 6.42 Å². The number of carbonyl (C=O) groups excluding carboxylic acids is 1. The van der Waals surface area contributed by atoms with E-state index in [1.807, 2.05) is 18.2 Å². The minimum atomic E-state index is -0.996. The minimum Gasteiger partial charge on any atom is -0.478 e. The molecule has 3 aliphatic rings. The van der Waals surface area contributed by atoms with Gasteiger partial charge >= 0.3 is 5.97 Å². The molecule has 3 fully saturated rings. The molecule has 5 rings (SSSR count). The van der Waals surface area contributed by atoms with Gasteiger partial charge in [-0.05, 0) is 42.5 Å². The Morgan fingerprint density at radius 1 is 1.00 bits per heavy atom. The molecule has 28 heavy (non-hydrogen) atoms. The Balaban J connectivity index is 1.47. The van der Waals surface area contributed by atoms with Crippen molar-refractivity contribution in [3.8, 4) is 11.1 Å². The molecule has 5 heteroatoms. The summed E-state index contributed by atoms with van der Waals surface area (Å²) >= 11 is 0. The number of rotatable bonds is 4. The van der Waals surface area contributed by atoms with E-state index in [4.69, 9.17) is 4.74 Å². The van der Waals surface area contributed by atoms with Gasteiger partial charge in [-0.15, -0.1) is 0 Å². The van der Waals surface area contributed by atoms with Crippen LogP contribution in [0.2, 0.25) is 0 Å². The largest absolute Gasteiger partial charge is 0.478 e. The lowest BCUT2D eigenvalue weighted by Crippen LogP contribution is -2.71. The maximum atomic E-state index is 13.2. The zero-order valence-corrected chi connectivity index (χ0v) is 15.6. The Labute approximate surface area is 163 Å². The van der Waals surface area contributed by atoms with E-state index in [2.05, 4.69) is 5.32 Å². The molecule has 1 amide bonds. The molecule has 1 aliphatic heterocycles. The van der Waals surface area contributed by atoms with E-state index in [0.29, 0.717) is 28.7 Å². The smallest absolute Gasteiger partial charge is 0.336 e. The third-order valence-corrected chi connectivity index (χ3v) is 6.94. The fraction of sp³-hybridized carbons (Fsp3) is 0.391. The maximum Gasteiger partial charge on any atom is 0.336 e. The van der Waals surface area contributed by atoms with Crippen molar-refractivity contribution in [2.45, 2.75) is 37.8 Å². The second kappa shape index (κ2) is 6.45. The van der Waals surface area contributed by atoms with Crippen LogP contribution in [0.1, 0.15) is 46.4 Å². The number of fused-ring (bicyclic) bond motifs is 2. The fourth-order valence-electron chi connectivity index (χ4n) is 5.50. The molecule has 1 saturated heterocycles. The van der Waals surface area contributed by atoms with Gasteiger partial charge in [0, 0.05) is 29.5 Å². The first-order chi connectivity index (χ1) is 13.6.